The quantitative estimate of drug-likeness (QED) is 0.886. The third kappa shape index (κ3) is 3.62. The van der Waals surface area contributed by atoms with Crippen LogP contribution >= 0.6 is 11.3 Å². The van der Waals surface area contributed by atoms with Crippen LogP contribution in [0.15, 0.2) is 6.33 Å². The van der Waals surface area contributed by atoms with E-state index in [1.165, 1.54) is 23.2 Å². The second kappa shape index (κ2) is 7.25. The molecule has 1 aliphatic heterocycles. The minimum Gasteiger partial charge on any atom is -0.467 e. The molecule has 6 nitrogen and oxygen atoms in total. The minimum atomic E-state index is -0.139. The number of hydrogen-bond donors (Lipinski definition) is 1. The van der Waals surface area contributed by atoms with Crippen molar-refractivity contribution in [1.29, 1.82) is 0 Å². The Kier molecular flexibility index (Phi) is 4.85. The van der Waals surface area contributed by atoms with Crippen molar-refractivity contribution in [1.82, 2.24) is 15.3 Å². The number of hydrogen-bond acceptors (Lipinski definition) is 6. The number of thiophene rings is 1. The van der Waals surface area contributed by atoms with Crippen molar-refractivity contribution in [3.8, 4) is 5.88 Å². The summed E-state index contributed by atoms with van der Waals surface area (Å²) in [6.45, 7) is 3.60. The standard InChI is InChI=1S/C18H23N3O3S/c1-11-4-5-13-14(7-11)25-18-16(13)17(20-10-21-18)24-9-15(22)19-8-12-3-2-6-23-12/h10-12H,2-9H2,1H3,(H,19,22)/t11-,12+/m0/s1. The fourth-order valence-corrected chi connectivity index (χ4v) is 4.91. The number of nitrogens with one attached hydrogen (secondary N) is 1. The van der Waals surface area contributed by atoms with Crippen LogP contribution in [0.2, 0.25) is 0 Å². The molecule has 0 unspecified atom stereocenters. The van der Waals surface area contributed by atoms with Gasteiger partial charge in [-0.15, -0.1) is 11.3 Å². The van der Waals surface area contributed by atoms with E-state index in [2.05, 4.69) is 22.2 Å². The molecule has 7 heteroatoms. The van der Waals surface area contributed by atoms with Crippen LogP contribution in [0.1, 0.15) is 36.6 Å². The second-order valence-corrected chi connectivity index (χ2v) is 8.02. The van der Waals surface area contributed by atoms with Crippen LogP contribution in [0.25, 0.3) is 10.2 Å². The van der Waals surface area contributed by atoms with Crippen molar-refractivity contribution in [2.24, 2.45) is 5.92 Å². The number of carbonyl (C=O) groups excluding carboxylic acids is 1. The summed E-state index contributed by atoms with van der Waals surface area (Å²) in [4.78, 5) is 23.1. The molecule has 134 valence electrons. The molecule has 2 aromatic rings. The zero-order chi connectivity index (χ0) is 17.2. The first-order valence-corrected chi connectivity index (χ1v) is 9.78. The van der Waals surface area contributed by atoms with Gasteiger partial charge in [0, 0.05) is 18.0 Å². The van der Waals surface area contributed by atoms with Crippen LogP contribution in [0.4, 0.5) is 0 Å². The summed E-state index contributed by atoms with van der Waals surface area (Å²) in [7, 11) is 0. The molecule has 25 heavy (non-hydrogen) atoms. The Morgan fingerprint density at radius 2 is 2.36 bits per heavy atom. The van der Waals surface area contributed by atoms with Crippen LogP contribution < -0.4 is 10.1 Å². The number of carbonyl (C=O) groups is 1. The average molecular weight is 361 g/mol. The Bertz CT molecular complexity index is 770. The van der Waals surface area contributed by atoms with Gasteiger partial charge < -0.3 is 14.8 Å². The lowest BCUT2D eigenvalue weighted by atomic mass is 9.89. The molecule has 1 N–H and O–H groups in total. The van der Waals surface area contributed by atoms with E-state index in [4.69, 9.17) is 9.47 Å². The van der Waals surface area contributed by atoms with Gasteiger partial charge in [0.1, 0.15) is 11.2 Å². The minimum absolute atomic E-state index is 0.0279. The molecule has 0 saturated carbocycles. The number of fused-ring (bicyclic) bond motifs is 3. The maximum absolute atomic E-state index is 12.0. The van der Waals surface area contributed by atoms with Crippen LogP contribution in [0.5, 0.6) is 5.88 Å². The van der Waals surface area contributed by atoms with Gasteiger partial charge in [-0.2, -0.15) is 0 Å². The van der Waals surface area contributed by atoms with E-state index in [-0.39, 0.29) is 18.6 Å². The van der Waals surface area contributed by atoms with Crippen molar-refractivity contribution >= 4 is 27.5 Å². The van der Waals surface area contributed by atoms with E-state index < -0.39 is 0 Å². The highest BCUT2D eigenvalue weighted by atomic mass is 32.1. The first kappa shape index (κ1) is 16.7. The highest BCUT2D eigenvalue weighted by molar-refractivity contribution is 7.18. The fourth-order valence-electron chi connectivity index (χ4n) is 3.57. The summed E-state index contributed by atoms with van der Waals surface area (Å²) in [5.41, 5.74) is 1.31. The van der Waals surface area contributed by atoms with Crippen molar-refractivity contribution in [2.45, 2.75) is 45.1 Å². The summed E-state index contributed by atoms with van der Waals surface area (Å²) in [6, 6.07) is 0. The van der Waals surface area contributed by atoms with Crippen LogP contribution in [-0.2, 0) is 22.4 Å². The van der Waals surface area contributed by atoms with E-state index in [0.717, 1.165) is 42.5 Å². The number of nitrogens with zero attached hydrogens (tertiary/aromatic N) is 2. The fraction of sp³-hybridized carbons (Fsp3) is 0.611. The normalized spacial score (nSPS) is 22.8. The molecular weight excluding hydrogens is 338 g/mol. The number of amides is 1. The SMILES string of the molecule is C[C@H]1CCc2c(sc3ncnc(OCC(=O)NC[C@H]4CCCO4)c23)C1. The van der Waals surface area contributed by atoms with Gasteiger partial charge in [-0.3, -0.25) is 4.79 Å². The van der Waals surface area contributed by atoms with Crippen molar-refractivity contribution < 1.29 is 14.3 Å². The summed E-state index contributed by atoms with van der Waals surface area (Å²) in [5.74, 6) is 1.10. The maximum atomic E-state index is 12.0. The topological polar surface area (TPSA) is 73.3 Å². The molecule has 1 aliphatic carbocycles. The van der Waals surface area contributed by atoms with Crippen LogP contribution in [0, 0.1) is 5.92 Å². The summed E-state index contributed by atoms with van der Waals surface area (Å²) >= 11 is 1.73. The Labute approximate surface area is 150 Å². The number of aromatic nitrogens is 2. The van der Waals surface area contributed by atoms with Gasteiger partial charge in [0.05, 0.1) is 11.5 Å². The van der Waals surface area contributed by atoms with Crippen molar-refractivity contribution in [3.63, 3.8) is 0 Å². The van der Waals surface area contributed by atoms with Gasteiger partial charge in [0.25, 0.3) is 5.91 Å². The Morgan fingerprint density at radius 1 is 1.44 bits per heavy atom. The smallest absolute Gasteiger partial charge is 0.258 e. The van der Waals surface area contributed by atoms with Gasteiger partial charge in [0.2, 0.25) is 5.88 Å². The molecule has 2 aromatic heterocycles. The third-order valence-electron chi connectivity index (χ3n) is 4.95. The summed E-state index contributed by atoms with van der Waals surface area (Å²) in [5, 5.41) is 3.88. The van der Waals surface area contributed by atoms with Crippen molar-refractivity contribution in [3.05, 3.63) is 16.8 Å². The summed E-state index contributed by atoms with van der Waals surface area (Å²) in [6.07, 6.45) is 7.04. The maximum Gasteiger partial charge on any atom is 0.258 e. The number of aryl methyl sites for hydroxylation is 1. The van der Waals surface area contributed by atoms with Gasteiger partial charge in [-0.1, -0.05) is 6.92 Å². The molecule has 0 radical (unpaired) electrons. The molecule has 1 amide bonds. The molecule has 2 aliphatic rings. The van der Waals surface area contributed by atoms with E-state index >= 15 is 0 Å². The molecule has 4 rings (SSSR count). The third-order valence-corrected chi connectivity index (χ3v) is 6.11. The Morgan fingerprint density at radius 3 is 3.20 bits per heavy atom. The second-order valence-electron chi connectivity index (χ2n) is 6.94. The first-order chi connectivity index (χ1) is 12.2. The van der Waals surface area contributed by atoms with Gasteiger partial charge >= 0.3 is 0 Å². The largest absolute Gasteiger partial charge is 0.467 e. The average Bonchev–Trinajstić information content (AvgIpc) is 3.24. The van der Waals surface area contributed by atoms with Gasteiger partial charge in [0.15, 0.2) is 6.61 Å². The highest BCUT2D eigenvalue weighted by Crippen LogP contribution is 2.40. The van der Waals surface area contributed by atoms with Gasteiger partial charge in [-0.25, -0.2) is 9.97 Å². The number of rotatable bonds is 5. The lowest BCUT2D eigenvalue weighted by Gasteiger charge is -2.18. The molecule has 1 saturated heterocycles. The molecule has 0 aromatic carbocycles. The Balaban J connectivity index is 1.43. The van der Waals surface area contributed by atoms with Crippen LogP contribution in [0.3, 0.4) is 0 Å². The lowest BCUT2D eigenvalue weighted by molar-refractivity contribution is -0.123. The first-order valence-electron chi connectivity index (χ1n) is 8.97. The van der Waals surface area contributed by atoms with E-state index in [1.54, 1.807) is 11.3 Å². The molecule has 0 spiro atoms. The predicted octanol–water partition coefficient (Wildman–Crippen LogP) is 2.49. The van der Waals surface area contributed by atoms with E-state index in [0.29, 0.717) is 18.3 Å². The summed E-state index contributed by atoms with van der Waals surface area (Å²) < 4.78 is 11.3. The van der Waals surface area contributed by atoms with Crippen LogP contribution in [-0.4, -0.2) is 41.7 Å². The van der Waals surface area contributed by atoms with Gasteiger partial charge in [-0.05, 0) is 43.6 Å². The monoisotopic (exact) mass is 361 g/mol. The van der Waals surface area contributed by atoms with E-state index in [1.807, 2.05) is 0 Å². The zero-order valence-electron chi connectivity index (χ0n) is 14.4. The molecule has 0 bridgehead atoms. The predicted molar refractivity (Wildman–Crippen MR) is 96.1 cm³/mol. The highest BCUT2D eigenvalue weighted by Gasteiger charge is 2.24. The van der Waals surface area contributed by atoms with Crippen molar-refractivity contribution in [2.75, 3.05) is 19.8 Å². The Hall–Kier alpha value is -1.73. The zero-order valence-corrected chi connectivity index (χ0v) is 15.2. The lowest BCUT2D eigenvalue weighted by Crippen LogP contribution is -2.35. The molecule has 2 atom stereocenters. The molecular formula is C18H23N3O3S. The van der Waals surface area contributed by atoms with E-state index in [9.17, 15) is 4.79 Å². The number of ether oxygens (including phenoxy) is 2. The molecule has 3 heterocycles. The molecule has 1 fully saturated rings.